The molecule has 25 heavy (non-hydrogen) atoms. The van der Waals surface area contributed by atoms with E-state index >= 15 is 0 Å². The molecule has 0 spiro atoms. The molecule has 0 aromatic carbocycles. The zero-order valence-corrected chi connectivity index (χ0v) is 14.3. The molecule has 2 saturated heterocycles. The van der Waals surface area contributed by atoms with E-state index < -0.39 is 12.1 Å². The highest BCUT2D eigenvalue weighted by atomic mass is 16.4. The summed E-state index contributed by atoms with van der Waals surface area (Å²) < 4.78 is 0. The topological polar surface area (TPSA) is 119 Å². The fourth-order valence-corrected chi connectivity index (χ4v) is 3.68. The average Bonchev–Trinajstić information content (AvgIpc) is 3.14. The summed E-state index contributed by atoms with van der Waals surface area (Å²) in [5, 5.41) is 9.02. The Morgan fingerprint density at radius 2 is 1.88 bits per heavy atom. The summed E-state index contributed by atoms with van der Waals surface area (Å²) in [4.78, 5) is 36.1. The third-order valence-corrected chi connectivity index (χ3v) is 5.19. The highest BCUT2D eigenvalue weighted by molar-refractivity contribution is 5.82. The highest BCUT2D eigenvalue weighted by Gasteiger charge is 2.31. The number of carbonyl (C=O) groups excluding carboxylic acids is 1. The van der Waals surface area contributed by atoms with Crippen LogP contribution in [0.15, 0.2) is 12.5 Å². The van der Waals surface area contributed by atoms with Gasteiger partial charge in [-0.3, -0.25) is 9.69 Å². The molecular weight excluding hydrogens is 324 g/mol. The molecule has 2 fully saturated rings. The lowest BCUT2D eigenvalue weighted by Gasteiger charge is -2.42. The normalized spacial score (nSPS) is 21.3. The molecule has 1 aromatic heterocycles. The number of imidazole rings is 1. The molecule has 1 aromatic rings. The Labute approximate surface area is 146 Å². The van der Waals surface area contributed by atoms with E-state index in [9.17, 15) is 9.59 Å². The Hall–Kier alpha value is -2.13. The first-order valence-electron chi connectivity index (χ1n) is 8.78. The number of piperidine rings is 1. The molecule has 138 valence electrons. The van der Waals surface area contributed by atoms with Crippen LogP contribution >= 0.6 is 0 Å². The molecule has 9 heteroatoms. The molecule has 2 amide bonds. The van der Waals surface area contributed by atoms with E-state index in [-0.39, 0.29) is 5.91 Å². The molecule has 0 bridgehead atoms. The van der Waals surface area contributed by atoms with Crippen LogP contribution in [0.3, 0.4) is 0 Å². The number of nitrogens with two attached hydrogens (primary N) is 1. The van der Waals surface area contributed by atoms with E-state index in [0.717, 1.165) is 31.6 Å². The first-order chi connectivity index (χ1) is 12.0. The minimum absolute atomic E-state index is 0.0186. The Morgan fingerprint density at radius 1 is 1.20 bits per heavy atom. The maximum Gasteiger partial charge on any atom is 0.407 e. The maximum atomic E-state index is 12.5. The molecule has 2 aliphatic heterocycles. The van der Waals surface area contributed by atoms with Gasteiger partial charge in [-0.2, -0.15) is 0 Å². The van der Waals surface area contributed by atoms with E-state index in [1.54, 1.807) is 12.5 Å². The summed E-state index contributed by atoms with van der Waals surface area (Å²) in [6.45, 7) is 4.17. The van der Waals surface area contributed by atoms with Crippen molar-refractivity contribution in [3.8, 4) is 0 Å². The van der Waals surface area contributed by atoms with Crippen molar-refractivity contribution >= 4 is 12.0 Å². The van der Waals surface area contributed by atoms with Gasteiger partial charge < -0.3 is 25.6 Å². The predicted molar refractivity (Wildman–Crippen MR) is 91.0 cm³/mol. The molecule has 4 N–H and O–H groups in total. The molecule has 0 radical (unpaired) electrons. The van der Waals surface area contributed by atoms with Crippen LogP contribution in [-0.2, 0) is 11.2 Å². The Balaban J connectivity index is 1.44. The summed E-state index contributed by atoms with van der Waals surface area (Å²) in [6.07, 6.45) is 4.63. The number of hydrogen-bond donors (Lipinski definition) is 3. The number of nitrogens with zero attached hydrogens (tertiary/aromatic N) is 4. The van der Waals surface area contributed by atoms with Gasteiger partial charge in [0.15, 0.2) is 0 Å². The largest absolute Gasteiger partial charge is 0.465 e. The van der Waals surface area contributed by atoms with Crippen molar-refractivity contribution in [1.82, 2.24) is 24.7 Å². The second-order valence-electron chi connectivity index (χ2n) is 6.75. The quantitative estimate of drug-likeness (QED) is 0.678. The van der Waals surface area contributed by atoms with Crippen LogP contribution in [0, 0.1) is 0 Å². The number of aromatic nitrogens is 2. The van der Waals surface area contributed by atoms with Crippen molar-refractivity contribution in [3.63, 3.8) is 0 Å². The van der Waals surface area contributed by atoms with Crippen LogP contribution in [0.5, 0.6) is 0 Å². The van der Waals surface area contributed by atoms with Crippen molar-refractivity contribution in [2.24, 2.45) is 5.73 Å². The zero-order chi connectivity index (χ0) is 17.8. The Bertz CT molecular complexity index is 577. The van der Waals surface area contributed by atoms with E-state index in [2.05, 4.69) is 14.9 Å². The summed E-state index contributed by atoms with van der Waals surface area (Å²) in [7, 11) is 0. The SMILES string of the molecule is NC(Cc1cnc[nH]1)C(=O)N1CCN(C2CCN(C(=O)O)CC2)CC1. The monoisotopic (exact) mass is 350 g/mol. The number of nitrogens with one attached hydrogen (secondary N) is 1. The molecule has 1 atom stereocenters. The average molecular weight is 350 g/mol. The smallest absolute Gasteiger partial charge is 0.407 e. The number of carbonyl (C=O) groups is 2. The molecule has 0 aliphatic carbocycles. The lowest BCUT2D eigenvalue weighted by Crippen LogP contribution is -2.57. The molecule has 3 rings (SSSR count). The first kappa shape index (κ1) is 17.7. The van der Waals surface area contributed by atoms with Gasteiger partial charge in [-0.05, 0) is 12.8 Å². The summed E-state index contributed by atoms with van der Waals surface area (Å²) in [5.41, 5.74) is 6.91. The number of hydrogen-bond acceptors (Lipinski definition) is 5. The van der Waals surface area contributed by atoms with Crippen molar-refractivity contribution in [2.75, 3.05) is 39.3 Å². The Morgan fingerprint density at radius 3 is 2.44 bits per heavy atom. The number of rotatable bonds is 4. The molecule has 2 aliphatic rings. The van der Waals surface area contributed by atoms with Crippen molar-refractivity contribution in [1.29, 1.82) is 0 Å². The van der Waals surface area contributed by atoms with Crippen LogP contribution in [0.2, 0.25) is 0 Å². The van der Waals surface area contributed by atoms with Gasteiger partial charge in [-0.25, -0.2) is 9.78 Å². The number of likely N-dealkylation sites (tertiary alicyclic amines) is 1. The second-order valence-corrected chi connectivity index (χ2v) is 6.75. The van der Waals surface area contributed by atoms with E-state index in [4.69, 9.17) is 10.8 Å². The number of amides is 2. The molecule has 1 unspecified atom stereocenters. The fourth-order valence-electron chi connectivity index (χ4n) is 3.68. The number of aromatic amines is 1. The van der Waals surface area contributed by atoms with E-state index in [1.165, 1.54) is 4.90 Å². The van der Waals surface area contributed by atoms with Gasteiger partial charge in [0.05, 0.1) is 12.4 Å². The summed E-state index contributed by atoms with van der Waals surface area (Å²) >= 11 is 0. The highest BCUT2D eigenvalue weighted by Crippen LogP contribution is 2.18. The zero-order valence-electron chi connectivity index (χ0n) is 14.3. The van der Waals surface area contributed by atoms with E-state index in [0.29, 0.717) is 38.6 Å². The van der Waals surface area contributed by atoms with Crippen molar-refractivity contribution in [3.05, 3.63) is 18.2 Å². The minimum Gasteiger partial charge on any atom is -0.465 e. The van der Waals surface area contributed by atoms with Crippen LogP contribution < -0.4 is 5.73 Å². The molecule has 9 nitrogen and oxygen atoms in total. The molecule has 3 heterocycles. The van der Waals surface area contributed by atoms with Gasteiger partial charge in [0, 0.05) is 63.6 Å². The van der Waals surface area contributed by atoms with Gasteiger partial charge >= 0.3 is 6.09 Å². The fraction of sp³-hybridized carbons (Fsp3) is 0.688. The Kier molecular flexibility index (Phi) is 5.54. The third-order valence-electron chi connectivity index (χ3n) is 5.19. The number of piperazine rings is 1. The maximum absolute atomic E-state index is 12.5. The first-order valence-corrected chi connectivity index (χ1v) is 8.78. The standard InChI is InChI=1S/C16H26N6O3/c17-14(9-12-10-18-11-19-12)15(23)21-7-5-20(6-8-21)13-1-3-22(4-2-13)16(24)25/h10-11,13-14H,1-9,17H2,(H,18,19)(H,24,25). The number of carboxylic acid groups (broad SMARTS) is 1. The van der Waals surface area contributed by atoms with Gasteiger partial charge in [0.25, 0.3) is 0 Å². The van der Waals surface area contributed by atoms with Gasteiger partial charge in [-0.1, -0.05) is 0 Å². The second kappa shape index (κ2) is 7.83. The third kappa shape index (κ3) is 4.29. The molecular formula is C16H26N6O3. The van der Waals surface area contributed by atoms with Crippen LogP contribution in [0.1, 0.15) is 18.5 Å². The van der Waals surface area contributed by atoms with Gasteiger partial charge in [0.2, 0.25) is 5.91 Å². The molecule has 0 saturated carbocycles. The minimum atomic E-state index is -0.833. The lowest BCUT2D eigenvalue weighted by atomic mass is 10.0. The number of H-pyrrole nitrogens is 1. The predicted octanol–water partition coefficient (Wildman–Crippen LogP) is -0.434. The van der Waals surface area contributed by atoms with Gasteiger partial charge in [0.1, 0.15) is 0 Å². The van der Waals surface area contributed by atoms with Crippen LogP contribution in [-0.4, -0.2) is 93.1 Å². The van der Waals surface area contributed by atoms with Gasteiger partial charge in [-0.15, -0.1) is 0 Å². The summed E-state index contributed by atoms with van der Waals surface area (Å²) in [6, 6.07) is -0.141. The van der Waals surface area contributed by atoms with Crippen molar-refractivity contribution in [2.45, 2.75) is 31.3 Å². The van der Waals surface area contributed by atoms with Crippen LogP contribution in [0.25, 0.3) is 0 Å². The van der Waals surface area contributed by atoms with Crippen LogP contribution in [0.4, 0.5) is 4.79 Å². The summed E-state index contributed by atoms with van der Waals surface area (Å²) in [5.74, 6) is -0.0186. The lowest BCUT2D eigenvalue weighted by molar-refractivity contribution is -0.134. The van der Waals surface area contributed by atoms with E-state index in [1.807, 2.05) is 4.90 Å². The van der Waals surface area contributed by atoms with Crippen molar-refractivity contribution < 1.29 is 14.7 Å².